The molecule has 0 spiro atoms. The largest absolute Gasteiger partial charge is 0.355 e. The highest BCUT2D eigenvalue weighted by Gasteiger charge is 2.17. The first-order valence-electron chi connectivity index (χ1n) is 2.85. The number of anilines is 1. The number of aromatic nitrogens is 1. The van der Waals surface area contributed by atoms with E-state index >= 15 is 0 Å². The van der Waals surface area contributed by atoms with Gasteiger partial charge in [-0.15, -0.1) is 0 Å². The molecule has 0 bridgehead atoms. The van der Waals surface area contributed by atoms with Crippen molar-refractivity contribution in [1.29, 1.82) is 0 Å². The van der Waals surface area contributed by atoms with Gasteiger partial charge in [0.1, 0.15) is 5.82 Å². The molecule has 1 N–H and O–H groups in total. The third-order valence-electron chi connectivity index (χ3n) is 1.37. The smallest absolute Gasteiger partial charge is 0.105 e. The number of nitrogens with one attached hydrogen (secondary N) is 1. The molecule has 0 aliphatic carbocycles. The molecule has 2 nitrogen and oxygen atoms in total. The number of hydrogen-bond acceptors (Lipinski definition) is 1. The Morgan fingerprint density at radius 3 is 2.88 bits per heavy atom. The van der Waals surface area contributed by atoms with Crippen molar-refractivity contribution >= 4 is 5.82 Å². The summed E-state index contributed by atoms with van der Waals surface area (Å²) < 4.78 is 0. The van der Waals surface area contributed by atoms with Crippen molar-refractivity contribution < 1.29 is 0 Å². The van der Waals surface area contributed by atoms with Crippen LogP contribution < -0.4 is 4.90 Å². The summed E-state index contributed by atoms with van der Waals surface area (Å²) in [5, 5.41) is 0. The summed E-state index contributed by atoms with van der Waals surface area (Å²) in [5.41, 5.74) is 0. The minimum Gasteiger partial charge on any atom is -0.355 e. The van der Waals surface area contributed by atoms with Gasteiger partial charge >= 0.3 is 0 Å². The molecule has 1 aliphatic rings. The Balaban J connectivity index is 2.28. The number of H-pyrrole nitrogens is 1. The summed E-state index contributed by atoms with van der Waals surface area (Å²) in [5.74, 6) is 1.25. The molecule has 1 aromatic rings. The second-order valence-corrected chi connectivity index (χ2v) is 2.04. The third-order valence-corrected chi connectivity index (χ3v) is 1.37. The quantitative estimate of drug-likeness (QED) is 0.528. The van der Waals surface area contributed by atoms with Gasteiger partial charge in [0.2, 0.25) is 0 Å². The SMILES string of the molecule is c1c[nH]c(N2CC2)c1. The van der Waals surface area contributed by atoms with Crippen molar-refractivity contribution in [3.63, 3.8) is 0 Å². The maximum absolute atomic E-state index is 3.12. The van der Waals surface area contributed by atoms with Crippen molar-refractivity contribution in [2.24, 2.45) is 0 Å². The van der Waals surface area contributed by atoms with Crippen LogP contribution >= 0.6 is 0 Å². The van der Waals surface area contributed by atoms with Gasteiger partial charge in [-0.2, -0.15) is 0 Å². The van der Waals surface area contributed by atoms with Crippen LogP contribution in [-0.4, -0.2) is 18.1 Å². The second-order valence-electron chi connectivity index (χ2n) is 2.04. The molecule has 42 valence electrons. The van der Waals surface area contributed by atoms with E-state index in [0.29, 0.717) is 0 Å². The van der Waals surface area contributed by atoms with Crippen LogP contribution in [0.4, 0.5) is 5.82 Å². The Hall–Kier alpha value is -0.920. The van der Waals surface area contributed by atoms with Crippen molar-refractivity contribution in [3.05, 3.63) is 18.3 Å². The fraction of sp³-hybridized carbons (Fsp3) is 0.333. The third kappa shape index (κ3) is 0.494. The lowest BCUT2D eigenvalue weighted by Gasteiger charge is -1.92. The first-order chi connectivity index (χ1) is 3.97. The molecule has 8 heavy (non-hydrogen) atoms. The van der Waals surface area contributed by atoms with E-state index in [9.17, 15) is 0 Å². The van der Waals surface area contributed by atoms with Crippen molar-refractivity contribution in [2.75, 3.05) is 18.0 Å². The molecular formula is C6H8N2. The Morgan fingerprint density at radius 1 is 1.50 bits per heavy atom. The summed E-state index contributed by atoms with van der Waals surface area (Å²) >= 11 is 0. The summed E-state index contributed by atoms with van der Waals surface area (Å²) in [6.07, 6.45) is 1.95. The predicted octanol–water partition coefficient (Wildman–Crippen LogP) is 0.835. The molecule has 0 aromatic carbocycles. The van der Waals surface area contributed by atoms with E-state index < -0.39 is 0 Å². The van der Waals surface area contributed by atoms with Gasteiger partial charge in [0.15, 0.2) is 0 Å². The molecule has 2 rings (SSSR count). The van der Waals surface area contributed by atoms with Gasteiger partial charge in [0.05, 0.1) is 0 Å². The Morgan fingerprint density at radius 2 is 2.38 bits per heavy atom. The predicted molar refractivity (Wildman–Crippen MR) is 33.0 cm³/mol. The lowest BCUT2D eigenvalue weighted by atomic mass is 10.6. The molecule has 2 heteroatoms. The fourth-order valence-corrected chi connectivity index (χ4v) is 0.808. The maximum Gasteiger partial charge on any atom is 0.105 e. The first-order valence-corrected chi connectivity index (χ1v) is 2.85. The molecule has 1 aromatic heterocycles. The van der Waals surface area contributed by atoms with Crippen LogP contribution in [0.1, 0.15) is 0 Å². The van der Waals surface area contributed by atoms with E-state index in [4.69, 9.17) is 0 Å². The minimum absolute atomic E-state index is 1.22. The van der Waals surface area contributed by atoms with Gasteiger partial charge in [-0.3, -0.25) is 0 Å². The molecule has 2 heterocycles. The van der Waals surface area contributed by atoms with Gasteiger partial charge < -0.3 is 9.88 Å². The van der Waals surface area contributed by atoms with Crippen LogP contribution in [0.3, 0.4) is 0 Å². The zero-order chi connectivity index (χ0) is 5.40. The normalized spacial score (nSPS) is 16.8. The molecule has 0 saturated carbocycles. The molecule has 0 atom stereocenters. The maximum atomic E-state index is 3.12. The van der Waals surface area contributed by atoms with Crippen LogP contribution in [0.15, 0.2) is 18.3 Å². The van der Waals surface area contributed by atoms with Gasteiger partial charge in [-0.1, -0.05) is 0 Å². The highest BCUT2D eigenvalue weighted by atomic mass is 15.3. The van der Waals surface area contributed by atoms with Gasteiger partial charge in [-0.05, 0) is 12.1 Å². The molecule has 1 saturated heterocycles. The van der Waals surface area contributed by atoms with Crippen LogP contribution in [0, 0.1) is 0 Å². The van der Waals surface area contributed by atoms with Crippen molar-refractivity contribution in [3.8, 4) is 0 Å². The van der Waals surface area contributed by atoms with Crippen molar-refractivity contribution in [1.82, 2.24) is 4.98 Å². The zero-order valence-corrected chi connectivity index (χ0v) is 4.59. The molecular weight excluding hydrogens is 100 g/mol. The van der Waals surface area contributed by atoms with E-state index in [1.165, 1.54) is 18.9 Å². The Labute approximate surface area is 48.1 Å². The molecule has 1 aliphatic heterocycles. The summed E-state index contributed by atoms with van der Waals surface area (Å²) in [6, 6.07) is 4.11. The topological polar surface area (TPSA) is 18.8 Å². The van der Waals surface area contributed by atoms with Gasteiger partial charge in [0, 0.05) is 19.3 Å². The van der Waals surface area contributed by atoms with Crippen LogP contribution in [0.2, 0.25) is 0 Å². The summed E-state index contributed by atoms with van der Waals surface area (Å²) in [4.78, 5) is 5.40. The van der Waals surface area contributed by atoms with E-state index in [0.717, 1.165) is 0 Å². The molecule has 0 radical (unpaired) electrons. The summed E-state index contributed by atoms with van der Waals surface area (Å²) in [7, 11) is 0. The first kappa shape index (κ1) is 4.01. The number of aromatic amines is 1. The van der Waals surface area contributed by atoms with Crippen LogP contribution in [0.5, 0.6) is 0 Å². The lowest BCUT2D eigenvalue weighted by molar-refractivity contribution is 1.28. The fourth-order valence-electron chi connectivity index (χ4n) is 0.808. The lowest BCUT2D eigenvalue weighted by Crippen LogP contribution is -1.88. The number of nitrogens with zero attached hydrogens (tertiary/aromatic N) is 1. The summed E-state index contributed by atoms with van der Waals surface area (Å²) in [6.45, 7) is 2.45. The number of rotatable bonds is 1. The average Bonchev–Trinajstić information content (AvgIpc) is 2.49. The highest BCUT2D eigenvalue weighted by molar-refractivity contribution is 5.44. The average molecular weight is 108 g/mol. The molecule has 0 amide bonds. The Kier molecular flexibility index (Phi) is 0.640. The van der Waals surface area contributed by atoms with Crippen LogP contribution in [0.25, 0.3) is 0 Å². The molecule has 0 unspecified atom stereocenters. The highest BCUT2D eigenvalue weighted by Crippen LogP contribution is 2.16. The van der Waals surface area contributed by atoms with E-state index in [1.54, 1.807) is 0 Å². The zero-order valence-electron chi connectivity index (χ0n) is 4.59. The van der Waals surface area contributed by atoms with Gasteiger partial charge in [0.25, 0.3) is 0 Å². The monoisotopic (exact) mass is 108 g/mol. The van der Waals surface area contributed by atoms with Crippen LogP contribution in [-0.2, 0) is 0 Å². The standard InChI is InChI=1S/C6H8N2/c1-2-6(7-3-1)8-4-5-8/h1-3,7H,4-5H2. The van der Waals surface area contributed by atoms with E-state index in [1.807, 2.05) is 12.3 Å². The van der Waals surface area contributed by atoms with E-state index in [2.05, 4.69) is 16.0 Å². The Bertz CT molecular complexity index is 163. The van der Waals surface area contributed by atoms with Crippen molar-refractivity contribution in [2.45, 2.75) is 0 Å². The number of hydrogen-bond donors (Lipinski definition) is 1. The second kappa shape index (κ2) is 1.28. The van der Waals surface area contributed by atoms with Gasteiger partial charge in [-0.25, -0.2) is 0 Å². The van der Waals surface area contributed by atoms with E-state index in [-0.39, 0.29) is 0 Å². The minimum atomic E-state index is 1.22. The molecule has 1 fully saturated rings.